The molecule has 0 saturated heterocycles. The van der Waals surface area contributed by atoms with Gasteiger partial charge in [-0.15, -0.1) is 46.2 Å². The van der Waals surface area contributed by atoms with Crippen molar-refractivity contribution in [2.45, 2.75) is 34.6 Å². The zero-order valence-corrected chi connectivity index (χ0v) is 18.1. The maximum atomic E-state index is 2.45. The number of thiophene rings is 2. The van der Waals surface area contributed by atoms with Crippen molar-refractivity contribution in [3.05, 3.63) is 34.0 Å². The first-order chi connectivity index (χ1) is 10.8. The van der Waals surface area contributed by atoms with Gasteiger partial charge in [0.2, 0.25) is 0 Å². The van der Waals surface area contributed by atoms with Gasteiger partial charge in [-0.3, -0.25) is 0 Å². The summed E-state index contributed by atoms with van der Waals surface area (Å²) in [6, 6.07) is 8.98. The number of hydrogen-bond acceptors (Lipinski definition) is 4. The molecule has 0 aliphatic carbocycles. The molecular formula is C17H21IS4. The summed E-state index contributed by atoms with van der Waals surface area (Å²) in [6.45, 7) is 2.25. The number of halogens is 1. The lowest BCUT2D eigenvalue weighted by molar-refractivity contribution is 0.896. The van der Waals surface area contributed by atoms with Crippen molar-refractivity contribution in [2.75, 3.05) is 15.9 Å². The van der Waals surface area contributed by atoms with E-state index in [1.54, 1.807) is 0 Å². The Bertz CT molecular complexity index is 520. The third-order valence-corrected chi connectivity index (χ3v) is 8.37. The van der Waals surface area contributed by atoms with Gasteiger partial charge in [-0.05, 0) is 60.8 Å². The van der Waals surface area contributed by atoms with Crippen LogP contribution in [0, 0.1) is 0 Å². The highest BCUT2D eigenvalue weighted by Crippen LogP contribution is 2.31. The highest BCUT2D eigenvalue weighted by molar-refractivity contribution is 14.1. The Hall–Kier alpha value is 0.570. The van der Waals surface area contributed by atoms with Crippen molar-refractivity contribution in [3.63, 3.8) is 0 Å². The van der Waals surface area contributed by atoms with Crippen molar-refractivity contribution in [1.29, 1.82) is 0 Å². The average molecular weight is 481 g/mol. The summed E-state index contributed by atoms with van der Waals surface area (Å²) < 4.78 is 4.13. The summed E-state index contributed by atoms with van der Waals surface area (Å²) in [4.78, 5) is 2.71. The van der Waals surface area contributed by atoms with Crippen LogP contribution in [0.2, 0.25) is 0 Å². The first-order valence-electron chi connectivity index (χ1n) is 7.51. The molecule has 2 aromatic rings. The monoisotopic (exact) mass is 480 g/mol. The van der Waals surface area contributed by atoms with Gasteiger partial charge in [-0.1, -0.05) is 35.9 Å². The summed E-state index contributed by atoms with van der Waals surface area (Å²) in [7, 11) is 0. The van der Waals surface area contributed by atoms with Gasteiger partial charge in [0, 0.05) is 14.2 Å². The van der Waals surface area contributed by atoms with E-state index >= 15 is 0 Å². The highest BCUT2D eigenvalue weighted by atomic mass is 127. The molecule has 0 unspecified atom stereocenters. The molecule has 0 radical (unpaired) electrons. The number of hydrogen-bond donors (Lipinski definition) is 0. The molecule has 0 nitrogen and oxygen atoms in total. The lowest BCUT2D eigenvalue weighted by atomic mass is 10.4. The minimum atomic E-state index is 1.23. The number of rotatable bonds is 10. The molecule has 0 aromatic carbocycles. The third-order valence-electron chi connectivity index (χ3n) is 2.88. The Balaban J connectivity index is 1.83. The summed E-state index contributed by atoms with van der Waals surface area (Å²) in [6.07, 6.45) is 8.38. The molecule has 2 heterocycles. The van der Waals surface area contributed by atoms with Crippen LogP contribution in [-0.4, -0.2) is 15.9 Å². The van der Waals surface area contributed by atoms with E-state index in [1.165, 1.54) is 53.4 Å². The summed E-state index contributed by atoms with van der Waals surface area (Å²) >= 11 is 10.2. The van der Waals surface area contributed by atoms with Gasteiger partial charge in [-0.25, -0.2) is 0 Å². The van der Waals surface area contributed by atoms with E-state index in [0.717, 1.165) is 0 Å². The fourth-order valence-electron chi connectivity index (χ4n) is 1.71. The molecule has 0 atom stereocenters. The van der Waals surface area contributed by atoms with E-state index in [1.807, 2.05) is 46.2 Å². The van der Waals surface area contributed by atoms with Gasteiger partial charge < -0.3 is 0 Å². The highest BCUT2D eigenvalue weighted by Gasteiger charge is 2.00. The van der Waals surface area contributed by atoms with Crippen LogP contribution in [0.1, 0.15) is 35.9 Å². The second-order valence-corrected chi connectivity index (χ2v) is 10.8. The van der Waals surface area contributed by atoms with E-state index in [0.29, 0.717) is 0 Å². The maximum Gasteiger partial charge on any atom is 0.0604 e. The van der Waals surface area contributed by atoms with Gasteiger partial charge in [0.1, 0.15) is 0 Å². The van der Waals surface area contributed by atoms with Crippen LogP contribution >= 0.6 is 68.8 Å². The van der Waals surface area contributed by atoms with Crippen LogP contribution in [-0.2, 0) is 0 Å². The molecule has 5 heteroatoms. The summed E-state index contributed by atoms with van der Waals surface area (Å²) in [5.74, 6) is 2.47. The number of alkyl halides is 1. The van der Waals surface area contributed by atoms with Gasteiger partial charge >= 0.3 is 0 Å². The van der Waals surface area contributed by atoms with Crippen LogP contribution in [0.4, 0.5) is 0 Å². The predicted molar refractivity (Wildman–Crippen MR) is 117 cm³/mol. The lowest BCUT2D eigenvalue weighted by Gasteiger charge is -1.94. The molecule has 22 heavy (non-hydrogen) atoms. The van der Waals surface area contributed by atoms with Crippen molar-refractivity contribution in [2.24, 2.45) is 0 Å². The first kappa shape index (κ1) is 18.9. The summed E-state index contributed by atoms with van der Waals surface area (Å²) in [5.41, 5.74) is 0. The van der Waals surface area contributed by atoms with E-state index < -0.39 is 0 Å². The van der Waals surface area contributed by atoms with Crippen LogP contribution in [0.3, 0.4) is 0 Å². The van der Waals surface area contributed by atoms with E-state index in [2.05, 4.69) is 65.9 Å². The SMILES string of the molecule is CCCCSc1ccc(C=Cc2ccc(SCCCI)s2)s1. The zero-order chi connectivity index (χ0) is 15.6. The molecule has 2 aromatic heterocycles. The molecule has 120 valence electrons. The topological polar surface area (TPSA) is 0 Å². The largest absolute Gasteiger partial charge is 0.129 e. The maximum absolute atomic E-state index is 2.45. The smallest absolute Gasteiger partial charge is 0.0604 e. The minimum Gasteiger partial charge on any atom is -0.129 e. The van der Waals surface area contributed by atoms with Crippen LogP contribution in [0.5, 0.6) is 0 Å². The van der Waals surface area contributed by atoms with Crippen LogP contribution in [0.15, 0.2) is 32.7 Å². The Kier molecular flexibility index (Phi) is 9.61. The molecule has 2 rings (SSSR count). The standard InChI is InChI=1S/C17H21IS4/c1-2-3-12-19-16-9-7-14(21-16)5-6-15-8-10-17(22-15)20-13-4-11-18/h5-10H,2-4,11-13H2,1H3. The van der Waals surface area contributed by atoms with Crippen LogP contribution in [0.25, 0.3) is 12.2 Å². The molecule has 0 saturated carbocycles. The fourth-order valence-corrected chi connectivity index (χ4v) is 6.89. The zero-order valence-electron chi connectivity index (χ0n) is 12.7. The Morgan fingerprint density at radius 3 is 1.95 bits per heavy atom. The van der Waals surface area contributed by atoms with E-state index in [-0.39, 0.29) is 0 Å². The lowest BCUT2D eigenvalue weighted by Crippen LogP contribution is -1.76. The quantitative estimate of drug-likeness (QED) is 0.147. The van der Waals surface area contributed by atoms with E-state index in [4.69, 9.17) is 0 Å². The second kappa shape index (κ2) is 11.2. The average Bonchev–Trinajstić information content (AvgIpc) is 3.15. The molecule has 0 aliphatic rings. The van der Waals surface area contributed by atoms with Crippen molar-refractivity contribution in [1.82, 2.24) is 0 Å². The molecular weight excluding hydrogens is 459 g/mol. The second-order valence-electron chi connectivity index (χ2n) is 4.74. The van der Waals surface area contributed by atoms with Gasteiger partial charge in [0.15, 0.2) is 0 Å². The Labute approximate surface area is 164 Å². The van der Waals surface area contributed by atoms with E-state index in [9.17, 15) is 0 Å². The van der Waals surface area contributed by atoms with Crippen LogP contribution < -0.4 is 0 Å². The number of thioether (sulfide) groups is 2. The van der Waals surface area contributed by atoms with Crippen molar-refractivity contribution >= 4 is 80.9 Å². The van der Waals surface area contributed by atoms with Gasteiger partial charge in [0.25, 0.3) is 0 Å². The van der Waals surface area contributed by atoms with Gasteiger partial charge in [0.05, 0.1) is 8.42 Å². The fraction of sp³-hybridized carbons (Fsp3) is 0.412. The Morgan fingerprint density at radius 1 is 0.909 bits per heavy atom. The first-order valence-corrected chi connectivity index (χ1v) is 12.6. The minimum absolute atomic E-state index is 1.23. The normalized spacial score (nSPS) is 11.5. The molecule has 0 fully saturated rings. The van der Waals surface area contributed by atoms with Crippen molar-refractivity contribution in [3.8, 4) is 0 Å². The summed E-state index contributed by atoms with van der Waals surface area (Å²) in [5, 5.41) is 0. The predicted octanol–water partition coefficient (Wildman–Crippen LogP) is 7.79. The number of unbranched alkanes of at least 4 members (excludes halogenated alkanes) is 1. The van der Waals surface area contributed by atoms with Gasteiger partial charge in [-0.2, -0.15) is 0 Å². The molecule has 0 spiro atoms. The van der Waals surface area contributed by atoms with Crippen molar-refractivity contribution < 1.29 is 0 Å². The molecule has 0 N–H and O–H groups in total. The molecule has 0 amide bonds. The third kappa shape index (κ3) is 6.99. The molecule has 0 aliphatic heterocycles. The molecule has 0 bridgehead atoms. The Morgan fingerprint density at radius 2 is 1.45 bits per heavy atom.